The maximum Gasteiger partial charge on any atom is 0.180 e. The van der Waals surface area contributed by atoms with Crippen molar-refractivity contribution in [2.45, 2.75) is 16.0 Å². The van der Waals surface area contributed by atoms with Gasteiger partial charge in [0, 0.05) is 18.1 Å². The lowest BCUT2D eigenvalue weighted by atomic mass is 10.4. The Morgan fingerprint density at radius 3 is 3.25 bits per heavy atom. The van der Waals surface area contributed by atoms with Gasteiger partial charge in [0.25, 0.3) is 0 Å². The number of thiazole rings is 1. The molecule has 1 N–H and O–H groups in total. The van der Waals surface area contributed by atoms with Gasteiger partial charge < -0.3 is 5.32 Å². The molecule has 3 nitrogen and oxygen atoms in total. The second kappa shape index (κ2) is 3.64. The van der Waals surface area contributed by atoms with Gasteiger partial charge in [-0.05, 0) is 13.0 Å². The number of hydrogen-bond donors (Lipinski definition) is 1. The van der Waals surface area contributed by atoms with Gasteiger partial charge in [-0.15, -0.1) is 11.3 Å². The lowest BCUT2D eigenvalue weighted by Crippen LogP contribution is -2.18. The number of nitrogens with zero attached hydrogens (tertiary/aromatic N) is 1. The number of nitrogens with one attached hydrogen (secondary N) is 1. The third-order valence-corrected chi connectivity index (χ3v) is 4.70. The summed E-state index contributed by atoms with van der Waals surface area (Å²) in [4.78, 5) is 4.05. The van der Waals surface area contributed by atoms with Crippen molar-refractivity contribution in [3.63, 3.8) is 0 Å². The maximum atomic E-state index is 11.7. The molecule has 1 aliphatic heterocycles. The molecule has 2 atom stereocenters. The van der Waals surface area contributed by atoms with Gasteiger partial charge in [0.15, 0.2) is 4.34 Å². The highest BCUT2D eigenvalue weighted by molar-refractivity contribution is 7.87. The largest absolute Gasteiger partial charge is 0.315 e. The third-order valence-electron chi connectivity index (χ3n) is 1.90. The van der Waals surface area contributed by atoms with Crippen LogP contribution in [0.4, 0.5) is 0 Å². The van der Waals surface area contributed by atoms with E-state index in [2.05, 4.69) is 10.3 Å². The van der Waals surface area contributed by atoms with Gasteiger partial charge in [0.05, 0.1) is 16.0 Å². The van der Waals surface area contributed by atoms with Crippen LogP contribution in [-0.4, -0.2) is 27.5 Å². The van der Waals surface area contributed by atoms with Crippen LogP contribution in [0.25, 0.3) is 0 Å². The monoisotopic (exact) mass is 202 g/mol. The summed E-state index contributed by atoms with van der Waals surface area (Å²) in [7, 11) is -0.883. The van der Waals surface area contributed by atoms with Crippen LogP contribution >= 0.6 is 11.3 Å². The Kier molecular flexibility index (Phi) is 2.53. The molecule has 1 aliphatic rings. The van der Waals surface area contributed by atoms with E-state index < -0.39 is 10.8 Å². The highest BCUT2D eigenvalue weighted by atomic mass is 32.2. The molecule has 0 aromatic carbocycles. The zero-order valence-electron chi connectivity index (χ0n) is 6.53. The fraction of sp³-hybridized carbons (Fsp3) is 0.571. The minimum absolute atomic E-state index is 0.274. The fourth-order valence-electron chi connectivity index (χ4n) is 1.26. The quantitative estimate of drug-likeness (QED) is 0.764. The molecule has 2 rings (SSSR count). The molecule has 5 heteroatoms. The van der Waals surface area contributed by atoms with Crippen LogP contribution in [0.3, 0.4) is 0 Å². The first-order chi connectivity index (χ1) is 5.88. The van der Waals surface area contributed by atoms with E-state index in [-0.39, 0.29) is 5.25 Å². The standard InChI is InChI=1S/C7H10N2OS2/c10-12(6-1-2-8-5-6)7-9-3-4-11-7/h3-4,6,8H,1-2,5H2/t6-,12?/m1/s1. The highest BCUT2D eigenvalue weighted by Gasteiger charge is 2.23. The van der Waals surface area contributed by atoms with Crippen molar-refractivity contribution < 1.29 is 4.21 Å². The molecule has 0 amide bonds. The van der Waals surface area contributed by atoms with Crippen molar-refractivity contribution in [3.8, 4) is 0 Å². The summed E-state index contributed by atoms with van der Waals surface area (Å²) >= 11 is 1.48. The van der Waals surface area contributed by atoms with Crippen LogP contribution in [0.2, 0.25) is 0 Å². The molecule has 2 heterocycles. The Labute approximate surface area is 77.7 Å². The summed E-state index contributed by atoms with van der Waals surface area (Å²) in [6.07, 6.45) is 2.71. The minimum Gasteiger partial charge on any atom is -0.315 e. The van der Waals surface area contributed by atoms with Crippen LogP contribution in [-0.2, 0) is 10.8 Å². The molecular formula is C7H10N2OS2. The first-order valence-corrected chi connectivity index (χ1v) is 5.98. The second-order valence-corrected chi connectivity index (χ2v) is 5.51. The molecule has 0 radical (unpaired) electrons. The molecule has 0 spiro atoms. The van der Waals surface area contributed by atoms with Crippen LogP contribution < -0.4 is 5.32 Å². The highest BCUT2D eigenvalue weighted by Crippen LogP contribution is 2.17. The molecule has 1 aromatic heterocycles. The van der Waals surface area contributed by atoms with E-state index >= 15 is 0 Å². The summed E-state index contributed by atoms with van der Waals surface area (Å²) in [5, 5.41) is 5.34. The zero-order chi connectivity index (χ0) is 8.39. The van der Waals surface area contributed by atoms with Gasteiger partial charge in [0.1, 0.15) is 0 Å². The van der Waals surface area contributed by atoms with E-state index in [1.807, 2.05) is 5.38 Å². The average molecular weight is 202 g/mol. The first-order valence-electron chi connectivity index (χ1n) is 3.89. The molecule has 0 bridgehead atoms. The summed E-state index contributed by atoms with van der Waals surface area (Å²) in [5.74, 6) is 0. The Morgan fingerprint density at radius 1 is 1.75 bits per heavy atom. The predicted molar refractivity (Wildman–Crippen MR) is 49.8 cm³/mol. The van der Waals surface area contributed by atoms with Gasteiger partial charge in [-0.25, -0.2) is 4.98 Å². The third kappa shape index (κ3) is 1.57. The second-order valence-electron chi connectivity index (χ2n) is 2.71. The number of aromatic nitrogens is 1. The average Bonchev–Trinajstić information content (AvgIpc) is 2.77. The fourth-order valence-corrected chi connectivity index (χ4v) is 3.63. The number of rotatable bonds is 2. The molecular weight excluding hydrogens is 192 g/mol. The van der Waals surface area contributed by atoms with Crippen LogP contribution in [0.15, 0.2) is 15.9 Å². The lowest BCUT2D eigenvalue weighted by molar-refractivity contribution is 0.671. The topological polar surface area (TPSA) is 42.0 Å². The Morgan fingerprint density at radius 2 is 2.67 bits per heavy atom. The Hall–Kier alpha value is -0.260. The summed E-state index contributed by atoms with van der Waals surface area (Å²) < 4.78 is 12.5. The summed E-state index contributed by atoms with van der Waals surface area (Å²) in [5.41, 5.74) is 0. The van der Waals surface area contributed by atoms with Crippen LogP contribution in [0, 0.1) is 0 Å². The smallest absolute Gasteiger partial charge is 0.180 e. The minimum atomic E-state index is -0.883. The van der Waals surface area contributed by atoms with E-state index in [9.17, 15) is 4.21 Å². The van der Waals surface area contributed by atoms with E-state index in [1.54, 1.807) is 6.20 Å². The van der Waals surface area contributed by atoms with Crippen LogP contribution in [0.1, 0.15) is 6.42 Å². The van der Waals surface area contributed by atoms with E-state index in [1.165, 1.54) is 11.3 Å². The van der Waals surface area contributed by atoms with E-state index in [0.29, 0.717) is 0 Å². The lowest BCUT2D eigenvalue weighted by Gasteiger charge is -2.03. The number of hydrogen-bond acceptors (Lipinski definition) is 4. The Balaban J connectivity index is 2.09. The van der Waals surface area contributed by atoms with Gasteiger partial charge in [-0.1, -0.05) is 0 Å². The Bertz CT molecular complexity index is 267. The molecule has 1 aromatic rings. The van der Waals surface area contributed by atoms with Crippen molar-refractivity contribution in [3.05, 3.63) is 11.6 Å². The summed E-state index contributed by atoms with van der Waals surface area (Å²) in [6, 6.07) is 0. The van der Waals surface area contributed by atoms with Crippen LogP contribution in [0.5, 0.6) is 0 Å². The van der Waals surface area contributed by atoms with E-state index in [0.717, 1.165) is 23.8 Å². The first kappa shape index (κ1) is 8.34. The maximum absolute atomic E-state index is 11.7. The van der Waals surface area contributed by atoms with Crippen molar-refractivity contribution >= 4 is 22.1 Å². The molecule has 1 fully saturated rings. The summed E-state index contributed by atoms with van der Waals surface area (Å²) in [6.45, 7) is 1.86. The van der Waals surface area contributed by atoms with Gasteiger partial charge in [-0.2, -0.15) is 0 Å². The normalized spacial score (nSPS) is 25.8. The molecule has 0 aliphatic carbocycles. The molecule has 1 unspecified atom stereocenters. The zero-order valence-corrected chi connectivity index (χ0v) is 8.16. The van der Waals surface area contributed by atoms with Gasteiger partial charge >= 0.3 is 0 Å². The van der Waals surface area contributed by atoms with Crippen molar-refractivity contribution in [2.75, 3.05) is 13.1 Å². The SMILES string of the molecule is O=S(c1nccs1)[C@@H]1CCNC1. The van der Waals surface area contributed by atoms with Crippen molar-refractivity contribution in [1.82, 2.24) is 10.3 Å². The molecule has 66 valence electrons. The van der Waals surface area contributed by atoms with E-state index in [4.69, 9.17) is 0 Å². The molecule has 0 saturated carbocycles. The van der Waals surface area contributed by atoms with Gasteiger partial charge in [0.2, 0.25) is 0 Å². The van der Waals surface area contributed by atoms with Crippen molar-refractivity contribution in [1.29, 1.82) is 0 Å². The van der Waals surface area contributed by atoms with Crippen molar-refractivity contribution in [2.24, 2.45) is 0 Å². The van der Waals surface area contributed by atoms with Gasteiger partial charge in [-0.3, -0.25) is 4.21 Å². The molecule has 12 heavy (non-hydrogen) atoms. The molecule has 1 saturated heterocycles. The predicted octanol–water partition coefficient (Wildman–Crippen LogP) is 0.613.